The van der Waals surface area contributed by atoms with Crippen molar-refractivity contribution in [3.8, 4) is 0 Å². The fourth-order valence-electron chi connectivity index (χ4n) is 4.24. The Bertz CT molecular complexity index is 558. The lowest BCUT2D eigenvalue weighted by Crippen LogP contribution is -2.51. The summed E-state index contributed by atoms with van der Waals surface area (Å²) in [7, 11) is 0. The van der Waals surface area contributed by atoms with Gasteiger partial charge in [-0.1, -0.05) is 12.8 Å². The van der Waals surface area contributed by atoms with Crippen LogP contribution in [0.15, 0.2) is 10.8 Å². The molecule has 0 aromatic carbocycles. The van der Waals surface area contributed by atoms with Gasteiger partial charge in [0.25, 0.3) is 0 Å². The number of fused-ring (bicyclic) bond motifs is 1. The first-order valence-corrected chi connectivity index (χ1v) is 8.99. The van der Waals surface area contributed by atoms with E-state index in [9.17, 15) is 4.79 Å². The Balaban J connectivity index is 1.46. The Kier molecular flexibility index (Phi) is 3.36. The summed E-state index contributed by atoms with van der Waals surface area (Å²) in [4.78, 5) is 17.2. The van der Waals surface area contributed by atoms with Crippen LogP contribution in [0.5, 0.6) is 0 Å². The third-order valence-electron chi connectivity index (χ3n) is 5.62. The summed E-state index contributed by atoms with van der Waals surface area (Å²) in [5.74, 6) is 2.17. The maximum Gasteiger partial charge on any atom is 0.224 e. The molecule has 21 heavy (non-hydrogen) atoms. The normalized spacial score (nSPS) is 27.4. The molecule has 1 aromatic heterocycles. The Morgan fingerprint density at radius 1 is 1.33 bits per heavy atom. The zero-order valence-electron chi connectivity index (χ0n) is 12.3. The van der Waals surface area contributed by atoms with Gasteiger partial charge in [-0.25, -0.2) is 4.98 Å². The highest BCUT2D eigenvalue weighted by molar-refractivity contribution is 9.10. The van der Waals surface area contributed by atoms with Crippen LogP contribution in [-0.2, 0) is 17.8 Å². The lowest BCUT2D eigenvalue weighted by atomic mass is 9.88. The average Bonchev–Trinajstić information content (AvgIpc) is 3.15. The highest BCUT2D eigenvalue weighted by Crippen LogP contribution is 2.48. The van der Waals surface area contributed by atoms with Crippen molar-refractivity contribution in [3.05, 3.63) is 16.6 Å². The van der Waals surface area contributed by atoms with Crippen LogP contribution < -0.4 is 5.32 Å². The number of carbonyl (C=O) groups is 1. The van der Waals surface area contributed by atoms with Gasteiger partial charge in [0.15, 0.2) is 0 Å². The molecular weight excluding hydrogens is 330 g/mol. The molecule has 4 rings (SSSR count). The van der Waals surface area contributed by atoms with Crippen molar-refractivity contribution in [2.75, 3.05) is 0 Å². The largest absolute Gasteiger partial charge is 0.350 e. The number of carbonyl (C=O) groups excluding carboxylic acids is 1. The lowest BCUT2D eigenvalue weighted by Gasteiger charge is -2.33. The van der Waals surface area contributed by atoms with E-state index < -0.39 is 0 Å². The first kappa shape index (κ1) is 13.8. The Morgan fingerprint density at radius 3 is 2.81 bits per heavy atom. The third-order valence-corrected chi connectivity index (χ3v) is 6.25. The quantitative estimate of drug-likeness (QED) is 0.909. The summed E-state index contributed by atoms with van der Waals surface area (Å²) >= 11 is 3.52. The number of aromatic nitrogens is 2. The van der Waals surface area contributed by atoms with E-state index in [1.165, 1.54) is 38.5 Å². The fourth-order valence-corrected chi connectivity index (χ4v) is 4.73. The van der Waals surface area contributed by atoms with Crippen molar-refractivity contribution < 1.29 is 4.79 Å². The van der Waals surface area contributed by atoms with Crippen LogP contribution in [0.3, 0.4) is 0 Å². The highest BCUT2D eigenvalue weighted by Gasteiger charge is 2.48. The minimum absolute atomic E-state index is 0.100. The van der Waals surface area contributed by atoms with E-state index in [-0.39, 0.29) is 17.4 Å². The molecule has 5 heteroatoms. The predicted molar refractivity (Wildman–Crippen MR) is 83.8 cm³/mol. The Hall–Kier alpha value is -0.840. The van der Waals surface area contributed by atoms with Crippen molar-refractivity contribution >= 4 is 21.8 Å². The van der Waals surface area contributed by atoms with Crippen LogP contribution in [0.2, 0.25) is 0 Å². The molecule has 1 N–H and O–H groups in total. The zero-order chi connectivity index (χ0) is 14.4. The minimum atomic E-state index is 0.100. The number of amides is 1. The smallest absolute Gasteiger partial charge is 0.224 e. The predicted octanol–water partition coefficient (Wildman–Crippen LogP) is 3.05. The van der Waals surface area contributed by atoms with Gasteiger partial charge in [-0.05, 0) is 54.0 Å². The van der Waals surface area contributed by atoms with Gasteiger partial charge in [-0.3, -0.25) is 4.79 Å². The molecule has 1 amide bonds. The van der Waals surface area contributed by atoms with E-state index >= 15 is 0 Å². The van der Waals surface area contributed by atoms with Gasteiger partial charge >= 0.3 is 0 Å². The SMILES string of the molecule is O=C(NC1(C2CC2)CCCC1)C1CCn2c(Br)cnc2C1. The van der Waals surface area contributed by atoms with Crippen LogP contribution in [0.25, 0.3) is 0 Å². The molecule has 114 valence electrons. The molecule has 2 saturated carbocycles. The van der Waals surface area contributed by atoms with Crippen molar-refractivity contribution in [2.45, 2.75) is 63.5 Å². The van der Waals surface area contributed by atoms with Crippen molar-refractivity contribution in [2.24, 2.45) is 11.8 Å². The molecule has 2 heterocycles. The summed E-state index contributed by atoms with van der Waals surface area (Å²) in [5, 5.41) is 3.47. The van der Waals surface area contributed by atoms with Gasteiger partial charge in [0.1, 0.15) is 10.4 Å². The maximum atomic E-state index is 12.7. The number of halogens is 1. The molecule has 1 atom stereocenters. The van der Waals surface area contributed by atoms with Crippen LogP contribution in [0.1, 0.15) is 50.8 Å². The van der Waals surface area contributed by atoms with Crippen LogP contribution in [-0.4, -0.2) is 21.0 Å². The Labute approximate surface area is 133 Å². The van der Waals surface area contributed by atoms with E-state index in [1.807, 2.05) is 6.20 Å². The van der Waals surface area contributed by atoms with Gasteiger partial charge < -0.3 is 9.88 Å². The van der Waals surface area contributed by atoms with Gasteiger partial charge in [-0.15, -0.1) is 0 Å². The summed E-state index contributed by atoms with van der Waals surface area (Å²) in [5.41, 5.74) is 0.143. The molecule has 0 spiro atoms. The molecular formula is C16H22BrN3O. The van der Waals surface area contributed by atoms with E-state index in [2.05, 4.69) is 30.8 Å². The number of nitrogens with one attached hydrogen (secondary N) is 1. The summed E-state index contributed by atoms with van der Waals surface area (Å²) in [6.45, 7) is 0.893. The number of imidazole rings is 1. The van der Waals surface area contributed by atoms with E-state index in [4.69, 9.17) is 0 Å². The fraction of sp³-hybridized carbons (Fsp3) is 0.750. The van der Waals surface area contributed by atoms with Crippen LogP contribution in [0, 0.1) is 11.8 Å². The average molecular weight is 352 g/mol. The van der Waals surface area contributed by atoms with Crippen molar-refractivity contribution in [1.29, 1.82) is 0 Å². The second kappa shape index (κ2) is 5.11. The van der Waals surface area contributed by atoms with Crippen molar-refractivity contribution in [1.82, 2.24) is 14.9 Å². The molecule has 2 fully saturated rings. The summed E-state index contributed by atoms with van der Waals surface area (Å²) in [6.07, 6.45) is 11.1. The number of hydrogen-bond donors (Lipinski definition) is 1. The first-order valence-electron chi connectivity index (χ1n) is 8.20. The molecule has 0 radical (unpaired) electrons. The molecule has 1 aliphatic heterocycles. The minimum Gasteiger partial charge on any atom is -0.350 e. The lowest BCUT2D eigenvalue weighted by molar-refractivity contribution is -0.127. The monoisotopic (exact) mass is 351 g/mol. The van der Waals surface area contributed by atoms with Gasteiger partial charge in [0.05, 0.1) is 6.20 Å². The molecule has 4 nitrogen and oxygen atoms in total. The van der Waals surface area contributed by atoms with E-state index in [0.717, 1.165) is 35.7 Å². The van der Waals surface area contributed by atoms with Gasteiger partial charge in [0, 0.05) is 24.4 Å². The third kappa shape index (κ3) is 2.43. The highest BCUT2D eigenvalue weighted by atomic mass is 79.9. The second-order valence-corrected chi connectivity index (χ2v) is 7.78. The topological polar surface area (TPSA) is 46.9 Å². The van der Waals surface area contributed by atoms with E-state index in [0.29, 0.717) is 0 Å². The number of nitrogens with zero attached hydrogens (tertiary/aromatic N) is 2. The van der Waals surface area contributed by atoms with Crippen LogP contribution >= 0.6 is 15.9 Å². The van der Waals surface area contributed by atoms with Crippen molar-refractivity contribution in [3.63, 3.8) is 0 Å². The van der Waals surface area contributed by atoms with Crippen LogP contribution in [0.4, 0.5) is 0 Å². The molecule has 0 bridgehead atoms. The summed E-state index contributed by atoms with van der Waals surface area (Å²) < 4.78 is 3.21. The molecule has 0 saturated heterocycles. The summed E-state index contributed by atoms with van der Waals surface area (Å²) in [6, 6.07) is 0. The molecule has 1 aromatic rings. The molecule has 3 aliphatic rings. The van der Waals surface area contributed by atoms with Gasteiger partial charge in [0.2, 0.25) is 5.91 Å². The molecule has 2 aliphatic carbocycles. The number of hydrogen-bond acceptors (Lipinski definition) is 2. The van der Waals surface area contributed by atoms with E-state index in [1.54, 1.807) is 0 Å². The zero-order valence-corrected chi connectivity index (χ0v) is 13.9. The standard InChI is InChI=1S/C16H22BrN3O/c17-13-10-18-14-9-11(5-8-20(13)14)15(21)19-16(12-3-4-12)6-1-2-7-16/h10-12H,1-9H2,(H,19,21). The maximum absolute atomic E-state index is 12.7. The Morgan fingerprint density at radius 2 is 2.10 bits per heavy atom. The van der Waals surface area contributed by atoms with Gasteiger partial charge in [-0.2, -0.15) is 0 Å². The second-order valence-electron chi connectivity index (χ2n) is 6.97. The first-order chi connectivity index (χ1) is 10.2. The molecule has 1 unspecified atom stereocenters. The number of rotatable bonds is 3.